The average molecular weight is 221 g/mol. The molecule has 2 nitrogen and oxygen atoms in total. The monoisotopic (exact) mass is 221 g/mol. The van der Waals surface area contributed by atoms with Gasteiger partial charge in [0.05, 0.1) is 6.61 Å². The Kier molecular flexibility index (Phi) is 6.12. The van der Waals surface area contributed by atoms with Crippen molar-refractivity contribution >= 4 is 0 Å². The van der Waals surface area contributed by atoms with Gasteiger partial charge >= 0.3 is 0 Å². The lowest BCUT2D eigenvalue weighted by atomic mass is 10.0. The summed E-state index contributed by atoms with van der Waals surface area (Å²) in [6, 6.07) is 10.6. The molecule has 0 saturated heterocycles. The van der Waals surface area contributed by atoms with Gasteiger partial charge in [-0.2, -0.15) is 0 Å². The van der Waals surface area contributed by atoms with Crippen molar-refractivity contribution in [3.8, 4) is 0 Å². The molecule has 0 spiro atoms. The third-order valence-electron chi connectivity index (χ3n) is 2.87. The predicted molar refractivity (Wildman–Crippen MR) is 68.5 cm³/mol. The number of hydrogen-bond donors (Lipinski definition) is 1. The summed E-state index contributed by atoms with van der Waals surface area (Å²) in [5.74, 6) is 0.678. The average Bonchev–Trinajstić information content (AvgIpc) is 2.28. The zero-order chi connectivity index (χ0) is 11.8. The molecule has 1 aromatic carbocycles. The molecule has 0 aliphatic heterocycles. The lowest BCUT2D eigenvalue weighted by Gasteiger charge is -2.20. The van der Waals surface area contributed by atoms with Crippen LogP contribution in [0.4, 0.5) is 0 Å². The van der Waals surface area contributed by atoms with Gasteiger partial charge in [-0.05, 0) is 31.4 Å². The molecule has 1 atom stereocenters. The molecule has 0 bridgehead atoms. The van der Waals surface area contributed by atoms with Gasteiger partial charge in [0.25, 0.3) is 0 Å². The lowest BCUT2D eigenvalue weighted by Crippen LogP contribution is -2.27. The Hall–Kier alpha value is -0.860. The highest BCUT2D eigenvalue weighted by atomic mass is 16.3. The molecule has 0 aromatic heterocycles. The Balaban J connectivity index is 2.22. The topological polar surface area (TPSA) is 23.5 Å². The normalized spacial score (nSPS) is 13.0. The molecule has 1 unspecified atom stereocenters. The zero-order valence-electron chi connectivity index (χ0n) is 10.4. The van der Waals surface area contributed by atoms with Crippen LogP contribution >= 0.6 is 0 Å². The second-order valence-corrected chi connectivity index (χ2v) is 4.62. The highest BCUT2D eigenvalue weighted by molar-refractivity contribution is 5.14. The molecule has 0 aliphatic rings. The Morgan fingerprint density at radius 2 is 1.94 bits per heavy atom. The van der Waals surface area contributed by atoms with Crippen molar-refractivity contribution in [1.29, 1.82) is 0 Å². The Bertz CT molecular complexity index is 273. The van der Waals surface area contributed by atoms with Crippen molar-refractivity contribution in [2.45, 2.75) is 19.8 Å². The number of aliphatic hydroxyl groups is 1. The number of likely N-dealkylation sites (N-methyl/N-ethyl adjacent to an activating group) is 1. The molecule has 0 aliphatic carbocycles. The van der Waals surface area contributed by atoms with E-state index in [-0.39, 0.29) is 6.61 Å². The Morgan fingerprint density at radius 3 is 2.56 bits per heavy atom. The standard InChI is InChI=1S/C14H23NO/c1-13(12-15(2)10-11-16)8-9-14-6-4-3-5-7-14/h3-7,13,16H,8-12H2,1-2H3. The van der Waals surface area contributed by atoms with Crippen LogP contribution in [0.3, 0.4) is 0 Å². The fourth-order valence-electron chi connectivity index (χ4n) is 1.94. The van der Waals surface area contributed by atoms with Crippen LogP contribution in [-0.2, 0) is 6.42 Å². The number of benzene rings is 1. The summed E-state index contributed by atoms with van der Waals surface area (Å²) in [6.45, 7) is 4.36. The van der Waals surface area contributed by atoms with Crippen molar-refractivity contribution in [3.63, 3.8) is 0 Å². The maximum absolute atomic E-state index is 8.82. The Morgan fingerprint density at radius 1 is 1.25 bits per heavy atom. The Labute approximate surface area is 98.9 Å². The fourth-order valence-corrected chi connectivity index (χ4v) is 1.94. The predicted octanol–water partition coefficient (Wildman–Crippen LogP) is 2.18. The summed E-state index contributed by atoms with van der Waals surface area (Å²) >= 11 is 0. The van der Waals surface area contributed by atoms with E-state index < -0.39 is 0 Å². The maximum Gasteiger partial charge on any atom is 0.0558 e. The molecular weight excluding hydrogens is 198 g/mol. The first-order valence-electron chi connectivity index (χ1n) is 6.05. The number of hydrogen-bond acceptors (Lipinski definition) is 2. The summed E-state index contributed by atoms with van der Waals surface area (Å²) in [5.41, 5.74) is 1.42. The molecule has 1 N–H and O–H groups in total. The second-order valence-electron chi connectivity index (χ2n) is 4.62. The van der Waals surface area contributed by atoms with Crippen molar-refractivity contribution in [1.82, 2.24) is 4.90 Å². The van der Waals surface area contributed by atoms with E-state index in [0.717, 1.165) is 19.5 Å². The van der Waals surface area contributed by atoms with Crippen LogP contribution in [0.15, 0.2) is 30.3 Å². The molecule has 0 fully saturated rings. The van der Waals surface area contributed by atoms with E-state index in [2.05, 4.69) is 49.2 Å². The van der Waals surface area contributed by atoms with Crippen LogP contribution in [0, 0.1) is 5.92 Å². The quantitative estimate of drug-likeness (QED) is 0.763. The van der Waals surface area contributed by atoms with Crippen molar-refractivity contribution in [2.24, 2.45) is 5.92 Å². The summed E-state index contributed by atoms with van der Waals surface area (Å²) in [7, 11) is 2.06. The van der Waals surface area contributed by atoms with Crippen molar-refractivity contribution in [3.05, 3.63) is 35.9 Å². The van der Waals surface area contributed by atoms with Crippen molar-refractivity contribution in [2.75, 3.05) is 26.7 Å². The summed E-state index contributed by atoms with van der Waals surface area (Å²) in [4.78, 5) is 2.19. The van der Waals surface area contributed by atoms with Crippen molar-refractivity contribution < 1.29 is 5.11 Å². The van der Waals surface area contributed by atoms with Crippen LogP contribution in [0.1, 0.15) is 18.9 Å². The molecule has 0 amide bonds. The fraction of sp³-hybridized carbons (Fsp3) is 0.571. The van der Waals surface area contributed by atoms with Crippen LogP contribution in [0.5, 0.6) is 0 Å². The SMILES string of the molecule is CC(CCc1ccccc1)CN(C)CCO. The smallest absolute Gasteiger partial charge is 0.0558 e. The lowest BCUT2D eigenvalue weighted by molar-refractivity contribution is 0.203. The van der Waals surface area contributed by atoms with Crippen LogP contribution < -0.4 is 0 Å². The van der Waals surface area contributed by atoms with E-state index in [1.807, 2.05) is 0 Å². The molecular formula is C14H23NO. The van der Waals surface area contributed by atoms with Gasteiger partial charge in [-0.25, -0.2) is 0 Å². The first kappa shape index (κ1) is 13.2. The van der Waals surface area contributed by atoms with Gasteiger partial charge in [0.1, 0.15) is 0 Å². The molecule has 0 radical (unpaired) electrons. The van der Waals surface area contributed by atoms with E-state index in [4.69, 9.17) is 5.11 Å². The minimum atomic E-state index is 0.252. The number of aliphatic hydroxyl groups excluding tert-OH is 1. The zero-order valence-corrected chi connectivity index (χ0v) is 10.4. The first-order chi connectivity index (χ1) is 7.72. The minimum Gasteiger partial charge on any atom is -0.395 e. The number of rotatable bonds is 7. The molecule has 0 saturated carbocycles. The second kappa shape index (κ2) is 7.42. The van der Waals surface area contributed by atoms with E-state index in [9.17, 15) is 0 Å². The van der Waals surface area contributed by atoms with Gasteiger partial charge in [0, 0.05) is 13.1 Å². The van der Waals surface area contributed by atoms with E-state index in [0.29, 0.717) is 5.92 Å². The van der Waals surface area contributed by atoms with Gasteiger partial charge in [0.15, 0.2) is 0 Å². The molecule has 0 heterocycles. The largest absolute Gasteiger partial charge is 0.395 e. The summed E-state index contributed by atoms with van der Waals surface area (Å²) in [5, 5.41) is 8.82. The van der Waals surface area contributed by atoms with Crippen LogP contribution in [0.2, 0.25) is 0 Å². The van der Waals surface area contributed by atoms with Gasteiger partial charge < -0.3 is 10.0 Å². The molecule has 1 aromatic rings. The summed E-state index contributed by atoms with van der Waals surface area (Å²) in [6.07, 6.45) is 2.36. The molecule has 16 heavy (non-hydrogen) atoms. The van der Waals surface area contributed by atoms with E-state index in [1.54, 1.807) is 0 Å². The first-order valence-corrected chi connectivity index (χ1v) is 6.05. The third-order valence-corrected chi connectivity index (χ3v) is 2.87. The summed E-state index contributed by atoms with van der Waals surface area (Å²) < 4.78 is 0. The molecule has 1 rings (SSSR count). The minimum absolute atomic E-state index is 0.252. The number of nitrogens with zero attached hydrogens (tertiary/aromatic N) is 1. The highest BCUT2D eigenvalue weighted by Gasteiger charge is 2.06. The third kappa shape index (κ3) is 5.29. The van der Waals surface area contributed by atoms with E-state index >= 15 is 0 Å². The van der Waals surface area contributed by atoms with Crippen LogP contribution in [0.25, 0.3) is 0 Å². The van der Waals surface area contributed by atoms with Crippen LogP contribution in [-0.4, -0.2) is 36.8 Å². The van der Waals surface area contributed by atoms with Gasteiger partial charge in [-0.15, -0.1) is 0 Å². The van der Waals surface area contributed by atoms with Gasteiger partial charge in [0.2, 0.25) is 0 Å². The molecule has 2 heteroatoms. The van der Waals surface area contributed by atoms with E-state index in [1.165, 1.54) is 12.0 Å². The maximum atomic E-state index is 8.82. The van der Waals surface area contributed by atoms with Gasteiger partial charge in [-0.3, -0.25) is 0 Å². The number of aryl methyl sites for hydroxylation is 1. The highest BCUT2D eigenvalue weighted by Crippen LogP contribution is 2.10. The van der Waals surface area contributed by atoms with Gasteiger partial charge in [-0.1, -0.05) is 37.3 Å². The molecule has 90 valence electrons.